The molecule has 36 heavy (non-hydrogen) atoms. The number of hydrogen-bond donors (Lipinski definition) is 2. The van der Waals surface area contributed by atoms with E-state index in [-0.39, 0.29) is 17.7 Å². The Morgan fingerprint density at radius 3 is 2.83 bits per heavy atom. The number of piperidine rings is 1. The molecule has 0 radical (unpaired) electrons. The summed E-state index contributed by atoms with van der Waals surface area (Å²) in [4.78, 5) is 17.2. The Morgan fingerprint density at radius 2 is 2.06 bits per heavy atom. The van der Waals surface area contributed by atoms with Gasteiger partial charge in [0.25, 0.3) is 0 Å². The predicted molar refractivity (Wildman–Crippen MR) is 141 cm³/mol. The second-order valence-electron chi connectivity index (χ2n) is 10.1. The third-order valence-corrected chi connectivity index (χ3v) is 7.54. The topological polar surface area (TPSA) is 88.7 Å². The lowest BCUT2D eigenvalue weighted by atomic mass is 9.78. The zero-order chi connectivity index (χ0) is 25.1. The molecule has 1 aliphatic carbocycles. The number of allylic oxidation sites excluding steroid dienone is 2. The average molecular weight is 491 g/mol. The van der Waals surface area contributed by atoms with Gasteiger partial charge in [-0.3, -0.25) is 0 Å². The molecule has 1 fully saturated rings. The van der Waals surface area contributed by atoms with Crippen LogP contribution in [0.15, 0.2) is 41.7 Å². The molecule has 1 aromatic carbocycles. The quantitative estimate of drug-likeness (QED) is 0.466. The van der Waals surface area contributed by atoms with Crippen LogP contribution in [0.2, 0.25) is 0 Å². The molecule has 1 atom stereocenters. The number of aromatic nitrogens is 2. The van der Waals surface area contributed by atoms with Crippen LogP contribution in [-0.4, -0.2) is 53.9 Å². The number of anilines is 1. The van der Waals surface area contributed by atoms with E-state index in [1.54, 1.807) is 6.07 Å². The van der Waals surface area contributed by atoms with E-state index in [4.69, 9.17) is 10.6 Å². The van der Waals surface area contributed by atoms with Crippen LogP contribution in [0.4, 0.5) is 10.3 Å². The minimum absolute atomic E-state index is 0.0641. The summed E-state index contributed by atoms with van der Waals surface area (Å²) in [6.45, 7) is 5.60. The molecule has 3 aliphatic rings. The second kappa shape index (κ2) is 10.8. The molecule has 8 heteroatoms. The molecule has 1 saturated heterocycles. The van der Waals surface area contributed by atoms with Crippen molar-refractivity contribution in [3.63, 3.8) is 0 Å². The number of aryl methyl sites for hydroxylation is 1. The first kappa shape index (κ1) is 24.4. The first-order valence-electron chi connectivity index (χ1n) is 12.9. The molecule has 190 valence electrons. The maximum atomic E-state index is 14.3. The van der Waals surface area contributed by atoms with Gasteiger partial charge in [-0.2, -0.15) is 0 Å². The van der Waals surface area contributed by atoms with E-state index in [9.17, 15) is 4.39 Å². The molecular formula is C28H35FN6O. The average Bonchev–Trinajstić information content (AvgIpc) is 2.87. The highest BCUT2D eigenvalue weighted by molar-refractivity contribution is 6.03. The first-order chi connectivity index (χ1) is 17.5. The molecule has 2 aromatic rings. The smallest absolute Gasteiger partial charge is 0.220 e. The fourth-order valence-electron chi connectivity index (χ4n) is 5.59. The summed E-state index contributed by atoms with van der Waals surface area (Å²) in [6, 6.07) is 5.03. The zero-order valence-corrected chi connectivity index (χ0v) is 21.1. The van der Waals surface area contributed by atoms with E-state index in [1.165, 1.54) is 18.9 Å². The van der Waals surface area contributed by atoms with Crippen molar-refractivity contribution in [1.29, 1.82) is 0 Å². The minimum atomic E-state index is -0.252. The van der Waals surface area contributed by atoms with Gasteiger partial charge < -0.3 is 20.8 Å². The van der Waals surface area contributed by atoms with E-state index in [0.717, 1.165) is 65.4 Å². The van der Waals surface area contributed by atoms with Gasteiger partial charge >= 0.3 is 0 Å². The van der Waals surface area contributed by atoms with E-state index in [2.05, 4.69) is 32.4 Å². The Hall–Kier alpha value is -3.26. The summed E-state index contributed by atoms with van der Waals surface area (Å²) in [5.74, 6) is 0.758. The fourth-order valence-corrected chi connectivity index (χ4v) is 5.59. The van der Waals surface area contributed by atoms with E-state index < -0.39 is 0 Å². The van der Waals surface area contributed by atoms with Gasteiger partial charge in [-0.15, -0.1) is 0 Å². The first-order valence-corrected chi connectivity index (χ1v) is 12.9. The van der Waals surface area contributed by atoms with Gasteiger partial charge in [0.05, 0.1) is 17.1 Å². The number of rotatable bonds is 6. The molecule has 5 rings (SSSR count). The third kappa shape index (κ3) is 5.43. The van der Waals surface area contributed by atoms with Crippen molar-refractivity contribution >= 4 is 17.2 Å². The molecule has 3 heterocycles. The fraction of sp³-hybridized carbons (Fsp3) is 0.464. The highest BCUT2D eigenvalue weighted by Crippen LogP contribution is 2.38. The number of dihydropyridines is 1. The van der Waals surface area contributed by atoms with Gasteiger partial charge in [0.1, 0.15) is 12.4 Å². The third-order valence-electron chi connectivity index (χ3n) is 7.54. The molecule has 0 spiro atoms. The summed E-state index contributed by atoms with van der Waals surface area (Å²) in [5, 5.41) is 7.85. The Labute approximate surface area is 212 Å². The van der Waals surface area contributed by atoms with Crippen LogP contribution in [0, 0.1) is 18.7 Å². The van der Waals surface area contributed by atoms with Gasteiger partial charge in [-0.05, 0) is 93.4 Å². The Morgan fingerprint density at radius 1 is 1.22 bits per heavy atom. The number of nitrogens with zero attached hydrogens (tertiary/aromatic N) is 4. The monoisotopic (exact) mass is 490 g/mol. The standard InChI is InChI=1S/C28H35FN6O/c1-18-27-25(33-28(30)32-18)14-21(15-26(27)34-36-13-9-19-7-11-35(2)12-8-19)23-6-5-22(29)16-24(23)20-4-3-10-31-17-20/h3-6,16-17,19,21,31H,7-15H2,1-2H3,(H2,30,32,33)/b34-26+. The SMILES string of the molecule is Cc1nc(N)nc2c1/C(=N/OCCC1CCN(C)CC1)CC(c1ccc(F)cc1C1=CNCC=C1)C2. The lowest BCUT2D eigenvalue weighted by Gasteiger charge is -2.29. The van der Waals surface area contributed by atoms with Crippen LogP contribution in [0.25, 0.3) is 5.57 Å². The number of oxime groups is 1. The molecule has 1 unspecified atom stereocenters. The summed E-state index contributed by atoms with van der Waals surface area (Å²) in [7, 11) is 2.18. The maximum absolute atomic E-state index is 14.3. The highest BCUT2D eigenvalue weighted by Gasteiger charge is 2.31. The van der Waals surface area contributed by atoms with Gasteiger partial charge in [-0.25, -0.2) is 14.4 Å². The number of likely N-dealkylation sites (tertiary alicyclic amines) is 1. The van der Waals surface area contributed by atoms with Crippen molar-refractivity contribution in [2.45, 2.75) is 44.9 Å². The van der Waals surface area contributed by atoms with Gasteiger partial charge in [0.2, 0.25) is 5.95 Å². The Balaban J connectivity index is 1.41. The molecule has 3 N–H and O–H groups in total. The number of nitrogen functional groups attached to an aromatic ring is 1. The van der Waals surface area contributed by atoms with Gasteiger partial charge in [0.15, 0.2) is 0 Å². The van der Waals surface area contributed by atoms with Gasteiger partial charge in [-0.1, -0.05) is 23.4 Å². The van der Waals surface area contributed by atoms with Crippen molar-refractivity contribution in [1.82, 2.24) is 20.2 Å². The lowest BCUT2D eigenvalue weighted by Crippen LogP contribution is -2.30. The number of halogens is 1. The summed E-state index contributed by atoms with van der Waals surface area (Å²) < 4.78 is 14.3. The molecule has 0 saturated carbocycles. The second-order valence-corrected chi connectivity index (χ2v) is 10.1. The molecule has 7 nitrogen and oxygen atoms in total. The van der Waals surface area contributed by atoms with Crippen molar-refractivity contribution in [3.8, 4) is 0 Å². The van der Waals surface area contributed by atoms with Crippen LogP contribution < -0.4 is 11.1 Å². The lowest BCUT2D eigenvalue weighted by molar-refractivity contribution is 0.112. The minimum Gasteiger partial charge on any atom is -0.396 e. The maximum Gasteiger partial charge on any atom is 0.220 e. The predicted octanol–water partition coefficient (Wildman–Crippen LogP) is 4.19. The number of hydrogen-bond acceptors (Lipinski definition) is 7. The van der Waals surface area contributed by atoms with Crippen LogP contribution >= 0.6 is 0 Å². The molecule has 2 aliphatic heterocycles. The number of fused-ring (bicyclic) bond motifs is 1. The largest absolute Gasteiger partial charge is 0.396 e. The number of benzene rings is 1. The Bertz CT molecular complexity index is 1200. The van der Waals surface area contributed by atoms with Crippen LogP contribution in [0.1, 0.15) is 59.7 Å². The Kier molecular flexibility index (Phi) is 7.32. The zero-order valence-electron chi connectivity index (χ0n) is 21.1. The summed E-state index contributed by atoms with van der Waals surface area (Å²) in [5.41, 5.74) is 12.4. The van der Waals surface area contributed by atoms with E-state index >= 15 is 0 Å². The summed E-state index contributed by atoms with van der Waals surface area (Å²) in [6.07, 6.45) is 10.8. The van der Waals surface area contributed by atoms with Crippen molar-refractivity contribution in [3.05, 3.63) is 70.4 Å². The summed E-state index contributed by atoms with van der Waals surface area (Å²) >= 11 is 0. The molecular weight excluding hydrogens is 455 g/mol. The van der Waals surface area contributed by atoms with Gasteiger partial charge in [0, 0.05) is 24.7 Å². The van der Waals surface area contributed by atoms with E-state index in [1.807, 2.05) is 31.3 Å². The van der Waals surface area contributed by atoms with Crippen molar-refractivity contribution in [2.24, 2.45) is 11.1 Å². The molecule has 0 amide bonds. The molecule has 1 aromatic heterocycles. The van der Waals surface area contributed by atoms with Crippen LogP contribution in [0.5, 0.6) is 0 Å². The number of nitrogens with two attached hydrogens (primary N) is 1. The van der Waals surface area contributed by atoms with Crippen molar-refractivity contribution in [2.75, 3.05) is 39.0 Å². The normalized spacial score (nSPS) is 21.7. The van der Waals surface area contributed by atoms with Crippen LogP contribution in [-0.2, 0) is 11.3 Å². The van der Waals surface area contributed by atoms with E-state index in [0.29, 0.717) is 25.4 Å². The van der Waals surface area contributed by atoms with Crippen molar-refractivity contribution < 1.29 is 9.23 Å². The van der Waals surface area contributed by atoms with Crippen LogP contribution in [0.3, 0.4) is 0 Å². The highest BCUT2D eigenvalue weighted by atomic mass is 19.1. The number of nitrogens with one attached hydrogen (secondary N) is 1. The molecule has 0 bridgehead atoms.